The van der Waals surface area contributed by atoms with Crippen LogP contribution in [0.3, 0.4) is 0 Å². The van der Waals surface area contributed by atoms with Gasteiger partial charge in [-0.05, 0) is 34.1 Å². The molecule has 1 rings (SSSR count). The highest BCUT2D eigenvalue weighted by atomic mass is 16.1. The highest BCUT2D eigenvalue weighted by Gasteiger charge is 2.25. The number of carbonyl (C=O) groups excluding carboxylic acids is 1. The minimum absolute atomic E-state index is 0.0513. The normalized spacial score (nSPS) is 13.4. The Morgan fingerprint density at radius 2 is 1.86 bits per heavy atom. The standard InChI is InChI=1S/C17H29N3O/c1-9-10-12(2)15(21)18-14-11-13(16(3,4)5)19-20(14)17(6,7)8/h10-11H,9H2,1-8H3,(H,18,21)/b12-10-. The fraction of sp³-hybridized carbons (Fsp3) is 0.647. The molecule has 0 unspecified atom stereocenters. The molecule has 0 bridgehead atoms. The van der Waals surface area contributed by atoms with Crippen LogP contribution in [0, 0.1) is 0 Å². The number of carbonyl (C=O) groups is 1. The van der Waals surface area contributed by atoms with Crippen molar-refractivity contribution >= 4 is 11.7 Å². The number of nitrogens with zero attached hydrogens (tertiary/aromatic N) is 2. The lowest BCUT2D eigenvalue weighted by molar-refractivity contribution is -0.112. The summed E-state index contributed by atoms with van der Waals surface area (Å²) in [6.07, 6.45) is 2.78. The smallest absolute Gasteiger partial charge is 0.252 e. The van der Waals surface area contributed by atoms with E-state index in [4.69, 9.17) is 5.10 Å². The van der Waals surface area contributed by atoms with E-state index >= 15 is 0 Å². The van der Waals surface area contributed by atoms with Crippen molar-refractivity contribution in [3.05, 3.63) is 23.4 Å². The highest BCUT2D eigenvalue weighted by molar-refractivity contribution is 6.02. The zero-order chi connectivity index (χ0) is 16.4. The molecule has 1 amide bonds. The van der Waals surface area contributed by atoms with Crippen LogP contribution >= 0.6 is 0 Å². The molecule has 0 saturated carbocycles. The third-order valence-corrected chi connectivity index (χ3v) is 3.22. The summed E-state index contributed by atoms with van der Waals surface area (Å²) in [6, 6.07) is 1.97. The van der Waals surface area contributed by atoms with Crippen LogP contribution in [-0.4, -0.2) is 15.7 Å². The van der Waals surface area contributed by atoms with Crippen molar-refractivity contribution < 1.29 is 4.79 Å². The second-order valence-corrected chi connectivity index (χ2v) is 7.50. The van der Waals surface area contributed by atoms with Gasteiger partial charge >= 0.3 is 0 Å². The van der Waals surface area contributed by atoms with Gasteiger partial charge in [0.2, 0.25) is 0 Å². The molecule has 4 nitrogen and oxygen atoms in total. The molecule has 1 aromatic heterocycles. The van der Waals surface area contributed by atoms with Crippen LogP contribution in [0.4, 0.5) is 5.82 Å². The SMILES string of the molecule is CC/C=C(/C)C(=O)Nc1cc(C(C)(C)C)nn1C(C)(C)C. The number of anilines is 1. The van der Waals surface area contributed by atoms with Crippen LogP contribution < -0.4 is 5.32 Å². The van der Waals surface area contributed by atoms with Crippen LogP contribution in [0.15, 0.2) is 17.7 Å². The number of nitrogens with one attached hydrogen (secondary N) is 1. The molecule has 0 aromatic carbocycles. The molecular weight excluding hydrogens is 262 g/mol. The average molecular weight is 291 g/mol. The van der Waals surface area contributed by atoms with Crippen LogP contribution in [-0.2, 0) is 15.7 Å². The second-order valence-electron chi connectivity index (χ2n) is 7.50. The van der Waals surface area contributed by atoms with E-state index in [1.807, 2.05) is 30.7 Å². The van der Waals surface area contributed by atoms with E-state index in [0.717, 1.165) is 23.5 Å². The second kappa shape index (κ2) is 6.04. The lowest BCUT2D eigenvalue weighted by Gasteiger charge is -2.23. The maximum atomic E-state index is 12.2. The quantitative estimate of drug-likeness (QED) is 0.847. The van der Waals surface area contributed by atoms with Crippen molar-refractivity contribution in [2.75, 3.05) is 5.32 Å². The van der Waals surface area contributed by atoms with Crippen molar-refractivity contribution in [2.24, 2.45) is 0 Å². The fourth-order valence-corrected chi connectivity index (χ4v) is 1.96. The van der Waals surface area contributed by atoms with Gasteiger partial charge in [0.05, 0.1) is 11.2 Å². The first-order valence-corrected chi connectivity index (χ1v) is 7.56. The number of aromatic nitrogens is 2. The van der Waals surface area contributed by atoms with Crippen LogP contribution in [0.1, 0.15) is 67.5 Å². The highest BCUT2D eigenvalue weighted by Crippen LogP contribution is 2.28. The predicted molar refractivity (Wildman–Crippen MR) is 88.6 cm³/mol. The summed E-state index contributed by atoms with van der Waals surface area (Å²) in [5, 5.41) is 7.68. The van der Waals surface area contributed by atoms with Crippen LogP contribution in [0.25, 0.3) is 0 Å². The molecule has 1 aromatic rings. The third-order valence-electron chi connectivity index (χ3n) is 3.22. The van der Waals surface area contributed by atoms with E-state index < -0.39 is 0 Å². The molecule has 0 aliphatic heterocycles. The zero-order valence-corrected chi connectivity index (χ0v) is 14.7. The minimum Gasteiger partial charge on any atom is -0.307 e. The van der Waals surface area contributed by atoms with Gasteiger partial charge in [0.15, 0.2) is 0 Å². The van der Waals surface area contributed by atoms with Crippen LogP contribution in [0.5, 0.6) is 0 Å². The molecule has 1 N–H and O–H groups in total. The Bertz CT molecular complexity index is 539. The molecule has 0 aliphatic rings. The average Bonchev–Trinajstić information content (AvgIpc) is 2.72. The summed E-state index contributed by atoms with van der Waals surface area (Å²) < 4.78 is 1.89. The van der Waals surface area contributed by atoms with Crippen LogP contribution in [0.2, 0.25) is 0 Å². The van der Waals surface area contributed by atoms with E-state index in [-0.39, 0.29) is 16.9 Å². The maximum Gasteiger partial charge on any atom is 0.252 e. The zero-order valence-electron chi connectivity index (χ0n) is 14.7. The fourth-order valence-electron chi connectivity index (χ4n) is 1.96. The monoisotopic (exact) mass is 291 g/mol. The first kappa shape index (κ1) is 17.5. The largest absolute Gasteiger partial charge is 0.307 e. The van der Waals surface area contributed by atoms with E-state index in [1.165, 1.54) is 0 Å². The topological polar surface area (TPSA) is 46.9 Å². The van der Waals surface area contributed by atoms with Gasteiger partial charge in [-0.15, -0.1) is 0 Å². The van der Waals surface area contributed by atoms with Gasteiger partial charge in [0.25, 0.3) is 5.91 Å². The first-order valence-electron chi connectivity index (χ1n) is 7.56. The lowest BCUT2D eigenvalue weighted by Crippen LogP contribution is -2.27. The molecule has 21 heavy (non-hydrogen) atoms. The van der Waals surface area contributed by atoms with Crippen molar-refractivity contribution in [2.45, 2.75) is 72.8 Å². The van der Waals surface area contributed by atoms with Gasteiger partial charge in [0, 0.05) is 17.1 Å². The summed E-state index contributed by atoms with van der Waals surface area (Å²) in [4.78, 5) is 12.2. The van der Waals surface area contributed by atoms with Gasteiger partial charge in [-0.25, -0.2) is 4.68 Å². The van der Waals surface area contributed by atoms with E-state index in [0.29, 0.717) is 0 Å². The summed E-state index contributed by atoms with van der Waals surface area (Å²) >= 11 is 0. The molecule has 4 heteroatoms. The Kier molecular flexibility index (Phi) is 5.03. The van der Waals surface area contributed by atoms with E-state index in [9.17, 15) is 4.79 Å². The molecule has 0 radical (unpaired) electrons. The molecule has 0 fully saturated rings. The number of rotatable bonds is 3. The number of amides is 1. The Hall–Kier alpha value is -1.58. The summed E-state index contributed by atoms with van der Waals surface area (Å²) in [5.74, 6) is 0.684. The molecule has 1 heterocycles. The molecule has 0 spiro atoms. The molecule has 118 valence electrons. The number of allylic oxidation sites excluding steroid dienone is 1. The van der Waals surface area contributed by atoms with E-state index in [1.54, 1.807) is 0 Å². The summed E-state index contributed by atoms with van der Waals surface area (Å²) in [5.41, 5.74) is 1.47. The van der Waals surface area contributed by atoms with Gasteiger partial charge in [-0.3, -0.25) is 4.79 Å². The van der Waals surface area contributed by atoms with Gasteiger partial charge in [0.1, 0.15) is 5.82 Å². The Labute approximate surface area is 128 Å². The Morgan fingerprint density at radius 1 is 1.29 bits per heavy atom. The third kappa shape index (κ3) is 4.45. The van der Waals surface area contributed by atoms with Crippen molar-refractivity contribution in [3.8, 4) is 0 Å². The molecule has 0 aliphatic carbocycles. The Morgan fingerprint density at radius 3 is 2.29 bits per heavy atom. The number of hydrogen-bond acceptors (Lipinski definition) is 2. The lowest BCUT2D eigenvalue weighted by atomic mass is 9.92. The summed E-state index contributed by atoms with van der Waals surface area (Å²) in [6.45, 7) is 16.5. The van der Waals surface area contributed by atoms with Gasteiger partial charge in [-0.2, -0.15) is 5.10 Å². The van der Waals surface area contributed by atoms with Crippen molar-refractivity contribution in [1.29, 1.82) is 0 Å². The number of hydrogen-bond donors (Lipinski definition) is 1. The van der Waals surface area contributed by atoms with Gasteiger partial charge < -0.3 is 5.32 Å². The van der Waals surface area contributed by atoms with Crippen molar-refractivity contribution in [3.63, 3.8) is 0 Å². The maximum absolute atomic E-state index is 12.2. The van der Waals surface area contributed by atoms with E-state index in [2.05, 4.69) is 46.9 Å². The van der Waals surface area contributed by atoms with Crippen molar-refractivity contribution in [1.82, 2.24) is 9.78 Å². The molecular formula is C17H29N3O. The van der Waals surface area contributed by atoms with Gasteiger partial charge in [-0.1, -0.05) is 33.8 Å². The molecule has 0 saturated heterocycles. The predicted octanol–water partition coefficient (Wildman–Crippen LogP) is 4.23. The Balaban J connectivity index is 3.20. The summed E-state index contributed by atoms with van der Waals surface area (Å²) in [7, 11) is 0. The first-order chi connectivity index (χ1) is 9.46. The minimum atomic E-state index is -0.186. The molecule has 0 atom stereocenters.